The molecule has 0 bridgehead atoms. The highest BCUT2D eigenvalue weighted by Crippen LogP contribution is 2.59. The summed E-state index contributed by atoms with van der Waals surface area (Å²) >= 11 is 0. The average Bonchev–Trinajstić information content (AvgIpc) is 3.59. The van der Waals surface area contributed by atoms with E-state index in [1.165, 1.54) is 79.8 Å². The first-order chi connectivity index (χ1) is 16.4. The Hall–Kier alpha value is -2.35. The van der Waals surface area contributed by atoms with Crippen LogP contribution in [0.25, 0.3) is 11.4 Å². The van der Waals surface area contributed by atoms with E-state index in [0.29, 0.717) is 0 Å². The highest BCUT2D eigenvalue weighted by molar-refractivity contribution is 5.55. The fraction of sp³-hybridized carbons (Fsp3) is 0.531. The lowest BCUT2D eigenvalue weighted by molar-refractivity contribution is -0.612. The van der Waals surface area contributed by atoms with Crippen molar-refractivity contribution in [2.75, 3.05) is 0 Å². The predicted molar refractivity (Wildman–Crippen MR) is 140 cm³/mol. The van der Waals surface area contributed by atoms with Gasteiger partial charge < -0.3 is 0 Å². The van der Waals surface area contributed by atoms with Crippen molar-refractivity contribution in [1.29, 1.82) is 0 Å². The lowest BCUT2D eigenvalue weighted by Crippen LogP contribution is -2.46. The van der Waals surface area contributed by atoms with Gasteiger partial charge in [0.1, 0.15) is 17.1 Å². The third-order valence-electron chi connectivity index (χ3n) is 9.33. The first-order valence-electron chi connectivity index (χ1n) is 13.7. The Labute approximate surface area is 206 Å². The van der Waals surface area contributed by atoms with Crippen LogP contribution in [0.5, 0.6) is 0 Å². The fourth-order valence-electron chi connectivity index (χ4n) is 8.20. The first kappa shape index (κ1) is 22.1. The molecule has 0 amide bonds. The van der Waals surface area contributed by atoms with Gasteiger partial charge >= 0.3 is 0 Å². The summed E-state index contributed by atoms with van der Waals surface area (Å²) in [6.45, 7) is 11.9. The maximum atomic E-state index is 2.74. The predicted octanol–water partition coefficient (Wildman–Crippen LogP) is 7.65. The van der Waals surface area contributed by atoms with E-state index in [1.54, 1.807) is 11.3 Å². The molecule has 34 heavy (non-hydrogen) atoms. The molecule has 2 fully saturated rings. The Morgan fingerprint density at radius 3 is 1.94 bits per heavy atom. The summed E-state index contributed by atoms with van der Waals surface area (Å²) in [6.07, 6.45) is 11.1. The molecule has 3 aromatic rings. The number of rotatable bonds is 3. The van der Waals surface area contributed by atoms with E-state index >= 15 is 0 Å². The fourth-order valence-corrected chi connectivity index (χ4v) is 8.20. The van der Waals surface area contributed by atoms with E-state index in [-0.39, 0.29) is 10.8 Å². The van der Waals surface area contributed by atoms with Crippen LogP contribution in [-0.2, 0) is 10.8 Å². The van der Waals surface area contributed by atoms with E-state index < -0.39 is 0 Å². The molecule has 0 atom stereocenters. The summed E-state index contributed by atoms with van der Waals surface area (Å²) in [5, 5.41) is 0. The Morgan fingerprint density at radius 2 is 1.35 bits per heavy atom. The molecule has 3 aliphatic rings. The summed E-state index contributed by atoms with van der Waals surface area (Å²) in [4.78, 5) is 0. The topological polar surface area (TPSA) is 8.81 Å². The second-order valence-electron chi connectivity index (χ2n) is 12.3. The van der Waals surface area contributed by atoms with Crippen LogP contribution in [0.1, 0.15) is 100 Å². The molecule has 0 saturated heterocycles. The quantitative estimate of drug-likeness (QED) is 0.360. The molecular weight excluding hydrogens is 412 g/mol. The van der Waals surface area contributed by atoms with Crippen molar-refractivity contribution in [1.82, 2.24) is 4.57 Å². The molecule has 2 heteroatoms. The highest BCUT2D eigenvalue weighted by Gasteiger charge is 2.61. The molecule has 2 saturated carbocycles. The van der Waals surface area contributed by atoms with Gasteiger partial charge in [-0.1, -0.05) is 62.1 Å². The Balaban J connectivity index is 1.77. The van der Waals surface area contributed by atoms with Crippen LogP contribution in [0.2, 0.25) is 0 Å². The normalized spacial score (nSPS) is 20.1. The average molecular weight is 454 g/mol. The van der Waals surface area contributed by atoms with Gasteiger partial charge in [0, 0.05) is 12.5 Å². The molecule has 0 N–H and O–H groups in total. The summed E-state index contributed by atoms with van der Waals surface area (Å²) in [5.41, 5.74) is 9.05. The number of benzene rings is 2. The standard InChI is InChI=1S/C32H41N2/c1-22-14-6-12-20-27(22)33-23(2)29-32(24-15-7-8-16-24,25-17-9-10-18-25)26-19-11-13-21-28(26)34(29)30(33)31(3,4)5/h6,11-14,19-21,24-25H,7-10,15-18H2,1-5H3/q+1. The third kappa shape index (κ3) is 2.90. The number of hydrogen-bond donors (Lipinski definition) is 0. The monoisotopic (exact) mass is 453 g/mol. The lowest BCUT2D eigenvalue weighted by Gasteiger charge is -2.40. The van der Waals surface area contributed by atoms with Crippen molar-refractivity contribution in [3.63, 3.8) is 0 Å². The van der Waals surface area contributed by atoms with Gasteiger partial charge in [-0.25, -0.2) is 0 Å². The zero-order valence-corrected chi connectivity index (χ0v) is 21.8. The second-order valence-corrected chi connectivity index (χ2v) is 12.3. The van der Waals surface area contributed by atoms with Crippen LogP contribution in [-0.4, -0.2) is 4.57 Å². The summed E-state index contributed by atoms with van der Waals surface area (Å²) < 4.78 is 5.38. The van der Waals surface area contributed by atoms with Crippen LogP contribution in [0.4, 0.5) is 0 Å². The van der Waals surface area contributed by atoms with Crippen molar-refractivity contribution >= 4 is 0 Å². The number of fused-ring (bicyclic) bond motifs is 3. The minimum atomic E-state index is 0.0137. The van der Waals surface area contributed by atoms with Crippen LogP contribution in [0, 0.1) is 25.7 Å². The summed E-state index contributed by atoms with van der Waals surface area (Å²) in [6, 6.07) is 18.5. The second kappa shape index (κ2) is 7.83. The maximum absolute atomic E-state index is 2.74. The maximum Gasteiger partial charge on any atom is 0.272 e. The van der Waals surface area contributed by atoms with Crippen LogP contribution in [0.15, 0.2) is 48.5 Å². The van der Waals surface area contributed by atoms with Crippen molar-refractivity contribution in [2.24, 2.45) is 11.8 Å². The SMILES string of the molecule is Cc1ccccc1-n1c(C)c2[n+](c1C(C)(C)C)-c1ccccc1C2(C1CCCC1)C1CCCC1. The Kier molecular flexibility index (Phi) is 5.10. The van der Waals surface area contributed by atoms with Gasteiger partial charge in [0.15, 0.2) is 5.69 Å². The van der Waals surface area contributed by atoms with E-state index in [4.69, 9.17) is 0 Å². The number of nitrogens with zero attached hydrogens (tertiary/aromatic N) is 2. The summed E-state index contributed by atoms with van der Waals surface area (Å²) in [7, 11) is 0. The van der Waals surface area contributed by atoms with E-state index in [2.05, 4.69) is 92.3 Å². The summed E-state index contributed by atoms with van der Waals surface area (Å²) in [5.74, 6) is 2.94. The van der Waals surface area contributed by atoms with Gasteiger partial charge in [-0.05, 0) is 82.9 Å². The van der Waals surface area contributed by atoms with E-state index in [0.717, 1.165) is 11.8 Å². The molecule has 2 aliphatic carbocycles. The zero-order chi connectivity index (χ0) is 23.7. The van der Waals surface area contributed by atoms with E-state index in [1.807, 2.05) is 0 Å². The van der Waals surface area contributed by atoms with Gasteiger partial charge in [0.2, 0.25) is 0 Å². The third-order valence-corrected chi connectivity index (χ3v) is 9.33. The number of imidazole rings is 1. The van der Waals surface area contributed by atoms with Crippen molar-refractivity contribution < 1.29 is 4.57 Å². The Morgan fingerprint density at radius 1 is 0.794 bits per heavy atom. The van der Waals surface area contributed by atoms with Gasteiger partial charge in [-0.15, -0.1) is 0 Å². The molecular formula is C32H41N2+. The van der Waals surface area contributed by atoms with Crippen molar-refractivity contribution in [3.05, 3.63) is 76.9 Å². The molecule has 2 nitrogen and oxygen atoms in total. The molecule has 6 rings (SSSR count). The molecule has 0 unspecified atom stereocenters. The van der Waals surface area contributed by atoms with Gasteiger partial charge in [0.05, 0.1) is 10.8 Å². The van der Waals surface area contributed by atoms with Crippen LogP contribution in [0.3, 0.4) is 0 Å². The smallest absolute Gasteiger partial charge is 0.196 e. The number of hydrogen-bond acceptors (Lipinski definition) is 0. The molecule has 2 aromatic carbocycles. The minimum absolute atomic E-state index is 0.0137. The molecule has 1 aromatic heterocycles. The number of aromatic nitrogens is 2. The zero-order valence-electron chi connectivity index (χ0n) is 21.8. The van der Waals surface area contributed by atoms with Gasteiger partial charge in [-0.2, -0.15) is 9.13 Å². The Bertz CT molecular complexity index is 1210. The largest absolute Gasteiger partial charge is 0.272 e. The molecule has 1 aliphatic heterocycles. The molecule has 2 heterocycles. The molecule has 0 radical (unpaired) electrons. The number of para-hydroxylation sites is 2. The molecule has 0 spiro atoms. The van der Waals surface area contributed by atoms with Crippen LogP contribution < -0.4 is 4.57 Å². The lowest BCUT2D eigenvalue weighted by atomic mass is 9.60. The number of aryl methyl sites for hydroxylation is 1. The van der Waals surface area contributed by atoms with Crippen molar-refractivity contribution in [3.8, 4) is 11.4 Å². The van der Waals surface area contributed by atoms with Crippen molar-refractivity contribution in [2.45, 2.75) is 96.8 Å². The highest BCUT2D eigenvalue weighted by atomic mass is 15.2. The van der Waals surface area contributed by atoms with E-state index in [9.17, 15) is 0 Å². The van der Waals surface area contributed by atoms with Gasteiger partial charge in [-0.3, -0.25) is 0 Å². The van der Waals surface area contributed by atoms with Gasteiger partial charge in [0.25, 0.3) is 5.82 Å². The first-order valence-corrected chi connectivity index (χ1v) is 13.7. The van der Waals surface area contributed by atoms with Crippen LogP contribution >= 0.6 is 0 Å². The minimum Gasteiger partial charge on any atom is -0.196 e. The molecule has 178 valence electrons.